The number of fused-ring (bicyclic) bond motifs is 1. The molecule has 3 rings (SSSR count). The Morgan fingerprint density at radius 2 is 2.33 bits per heavy atom. The van der Waals surface area contributed by atoms with Gasteiger partial charge >= 0.3 is 0 Å². The van der Waals surface area contributed by atoms with Crippen LogP contribution in [0.15, 0.2) is 6.33 Å². The van der Waals surface area contributed by atoms with Crippen molar-refractivity contribution in [1.29, 1.82) is 0 Å². The first-order valence-corrected chi connectivity index (χ1v) is 6.72. The van der Waals surface area contributed by atoms with E-state index in [-0.39, 0.29) is 0 Å². The first kappa shape index (κ1) is 9.60. The molecule has 80 valence electrons. The zero-order valence-corrected chi connectivity index (χ0v) is 9.52. The molecule has 0 aliphatic carbocycles. The summed E-state index contributed by atoms with van der Waals surface area (Å²) in [5, 5.41) is 3.36. The van der Waals surface area contributed by atoms with E-state index in [0.29, 0.717) is 5.92 Å². The highest BCUT2D eigenvalue weighted by Gasteiger charge is 2.24. The van der Waals surface area contributed by atoms with E-state index in [4.69, 9.17) is 0 Å². The van der Waals surface area contributed by atoms with Crippen molar-refractivity contribution in [2.45, 2.75) is 31.8 Å². The lowest BCUT2D eigenvalue weighted by Crippen LogP contribution is -2.13. The molecule has 1 saturated heterocycles. The van der Waals surface area contributed by atoms with Crippen molar-refractivity contribution in [3.8, 4) is 0 Å². The van der Waals surface area contributed by atoms with Crippen LogP contribution in [-0.4, -0.2) is 21.5 Å². The highest BCUT2D eigenvalue weighted by Crippen LogP contribution is 2.33. The van der Waals surface area contributed by atoms with Gasteiger partial charge in [0.2, 0.25) is 0 Å². The number of nitrogens with one attached hydrogen (secondary N) is 1. The van der Waals surface area contributed by atoms with Gasteiger partial charge in [-0.1, -0.05) is 0 Å². The predicted molar refractivity (Wildman–Crippen MR) is 61.9 cm³/mol. The third-order valence-electron chi connectivity index (χ3n) is 3.21. The van der Waals surface area contributed by atoms with Crippen LogP contribution in [0.4, 0.5) is 0 Å². The fourth-order valence-corrected chi connectivity index (χ4v) is 3.57. The van der Waals surface area contributed by atoms with Crippen molar-refractivity contribution in [3.63, 3.8) is 0 Å². The van der Waals surface area contributed by atoms with Gasteiger partial charge in [0.15, 0.2) is 0 Å². The fourth-order valence-electron chi connectivity index (χ4n) is 2.42. The van der Waals surface area contributed by atoms with Crippen LogP contribution in [0.5, 0.6) is 0 Å². The largest absolute Gasteiger partial charge is 0.307 e. The van der Waals surface area contributed by atoms with Gasteiger partial charge in [0.1, 0.15) is 6.33 Å². The van der Waals surface area contributed by atoms with Gasteiger partial charge < -0.3 is 5.32 Å². The molecule has 1 unspecified atom stereocenters. The lowest BCUT2D eigenvalue weighted by Gasteiger charge is -2.22. The van der Waals surface area contributed by atoms with Crippen molar-refractivity contribution in [1.82, 2.24) is 15.3 Å². The Balaban J connectivity index is 1.93. The number of hydrogen-bond donors (Lipinski definition) is 1. The molecule has 1 fully saturated rings. The molecular weight excluding hydrogens is 206 g/mol. The molecule has 1 aromatic heterocycles. The molecule has 4 heteroatoms. The first-order chi connectivity index (χ1) is 7.45. The average Bonchev–Trinajstić information content (AvgIpc) is 2.78. The summed E-state index contributed by atoms with van der Waals surface area (Å²) in [5.74, 6) is 3.23. The summed E-state index contributed by atoms with van der Waals surface area (Å²) in [6.07, 6.45) is 4.37. The van der Waals surface area contributed by atoms with Crippen molar-refractivity contribution < 1.29 is 0 Å². The van der Waals surface area contributed by atoms with Gasteiger partial charge in [-0.25, -0.2) is 9.97 Å². The summed E-state index contributed by atoms with van der Waals surface area (Å²) in [6, 6.07) is 0. The minimum atomic E-state index is 0.667. The van der Waals surface area contributed by atoms with Crippen LogP contribution >= 0.6 is 11.8 Å². The summed E-state index contributed by atoms with van der Waals surface area (Å²) >= 11 is 2.06. The molecule has 3 heterocycles. The number of hydrogen-bond acceptors (Lipinski definition) is 4. The molecular formula is C11H15N3S. The van der Waals surface area contributed by atoms with E-state index < -0.39 is 0 Å². The van der Waals surface area contributed by atoms with Crippen LogP contribution in [0.25, 0.3) is 0 Å². The lowest BCUT2D eigenvalue weighted by atomic mass is 9.97. The van der Waals surface area contributed by atoms with E-state index in [2.05, 4.69) is 27.0 Å². The number of aromatic nitrogens is 2. The van der Waals surface area contributed by atoms with Crippen LogP contribution < -0.4 is 5.32 Å². The molecule has 0 spiro atoms. The highest BCUT2D eigenvalue weighted by molar-refractivity contribution is 7.99. The molecule has 1 aromatic rings. The number of thioether (sulfide) groups is 1. The van der Waals surface area contributed by atoms with Crippen molar-refractivity contribution >= 4 is 11.8 Å². The Hall–Kier alpha value is -0.610. The van der Waals surface area contributed by atoms with Gasteiger partial charge in [-0.3, -0.25) is 0 Å². The molecule has 0 saturated carbocycles. The van der Waals surface area contributed by atoms with Crippen LogP contribution in [-0.2, 0) is 13.1 Å². The number of nitrogens with zero attached hydrogens (tertiary/aromatic N) is 2. The van der Waals surface area contributed by atoms with Crippen molar-refractivity contribution in [3.05, 3.63) is 23.3 Å². The lowest BCUT2D eigenvalue weighted by molar-refractivity contribution is 0.632. The molecule has 1 atom stereocenters. The smallest absolute Gasteiger partial charge is 0.116 e. The topological polar surface area (TPSA) is 37.8 Å². The second-order valence-electron chi connectivity index (χ2n) is 4.20. The van der Waals surface area contributed by atoms with Crippen LogP contribution in [0.3, 0.4) is 0 Å². The summed E-state index contributed by atoms with van der Waals surface area (Å²) in [6.45, 7) is 1.89. The van der Waals surface area contributed by atoms with Gasteiger partial charge in [-0.05, 0) is 18.6 Å². The maximum atomic E-state index is 4.51. The van der Waals surface area contributed by atoms with E-state index in [9.17, 15) is 0 Å². The molecule has 1 N–H and O–H groups in total. The third kappa shape index (κ3) is 1.76. The third-order valence-corrected chi connectivity index (χ3v) is 4.42. The molecule has 2 aliphatic heterocycles. The second kappa shape index (κ2) is 4.10. The monoisotopic (exact) mass is 221 g/mol. The van der Waals surface area contributed by atoms with E-state index in [1.54, 1.807) is 6.33 Å². The zero-order chi connectivity index (χ0) is 10.1. The van der Waals surface area contributed by atoms with Gasteiger partial charge in [0, 0.05) is 30.3 Å². The maximum absolute atomic E-state index is 4.51. The van der Waals surface area contributed by atoms with Gasteiger partial charge in [-0.15, -0.1) is 0 Å². The molecule has 0 amide bonds. The highest BCUT2D eigenvalue weighted by atomic mass is 32.2. The minimum Gasteiger partial charge on any atom is -0.307 e. The van der Waals surface area contributed by atoms with E-state index >= 15 is 0 Å². The van der Waals surface area contributed by atoms with Crippen molar-refractivity contribution in [2.24, 2.45) is 0 Å². The van der Waals surface area contributed by atoms with Crippen LogP contribution in [0, 0.1) is 0 Å². The minimum absolute atomic E-state index is 0.667. The maximum Gasteiger partial charge on any atom is 0.116 e. The van der Waals surface area contributed by atoms with E-state index in [0.717, 1.165) is 13.1 Å². The summed E-state index contributed by atoms with van der Waals surface area (Å²) in [7, 11) is 0. The second-order valence-corrected chi connectivity index (χ2v) is 5.35. The Bertz CT molecular complexity index is 361. The standard InChI is InChI=1S/C11H15N3S/c1-2-8(6-15-3-1)11-9-4-12-5-10(9)13-7-14-11/h7-8,12H,1-6H2. The zero-order valence-electron chi connectivity index (χ0n) is 8.70. The summed E-state index contributed by atoms with van der Waals surface area (Å²) < 4.78 is 0. The SMILES string of the molecule is c1nc2c(c(C3CCCSC3)n1)CNC2. The van der Waals surface area contributed by atoms with Crippen LogP contribution in [0.2, 0.25) is 0 Å². The van der Waals surface area contributed by atoms with Gasteiger partial charge in [0.05, 0.1) is 11.4 Å². The van der Waals surface area contributed by atoms with E-state index in [1.165, 1.54) is 41.3 Å². The fraction of sp³-hybridized carbons (Fsp3) is 0.636. The Morgan fingerprint density at radius 3 is 3.20 bits per heavy atom. The van der Waals surface area contributed by atoms with E-state index in [1.807, 2.05) is 0 Å². The molecule has 3 nitrogen and oxygen atoms in total. The Kier molecular flexibility index (Phi) is 2.63. The quantitative estimate of drug-likeness (QED) is 0.783. The Morgan fingerprint density at radius 1 is 1.33 bits per heavy atom. The normalized spacial score (nSPS) is 25.2. The molecule has 0 bridgehead atoms. The van der Waals surface area contributed by atoms with Gasteiger partial charge in [0.25, 0.3) is 0 Å². The molecule has 2 aliphatic rings. The number of rotatable bonds is 1. The van der Waals surface area contributed by atoms with Crippen molar-refractivity contribution in [2.75, 3.05) is 11.5 Å². The van der Waals surface area contributed by atoms with Crippen LogP contribution in [0.1, 0.15) is 35.7 Å². The first-order valence-electron chi connectivity index (χ1n) is 5.56. The predicted octanol–water partition coefficient (Wildman–Crippen LogP) is 1.69. The molecule has 0 radical (unpaired) electrons. The molecule has 15 heavy (non-hydrogen) atoms. The molecule has 0 aromatic carbocycles. The Labute approximate surface area is 94.1 Å². The summed E-state index contributed by atoms with van der Waals surface area (Å²) in [4.78, 5) is 8.84. The average molecular weight is 221 g/mol. The van der Waals surface area contributed by atoms with Gasteiger partial charge in [-0.2, -0.15) is 11.8 Å². The summed E-state index contributed by atoms with van der Waals surface area (Å²) in [5.41, 5.74) is 3.91.